The molecule has 0 spiro atoms. The summed E-state index contributed by atoms with van der Waals surface area (Å²) in [5.41, 5.74) is -0.0770. The highest BCUT2D eigenvalue weighted by Gasteiger charge is 2.17. The second kappa shape index (κ2) is 5.44. The summed E-state index contributed by atoms with van der Waals surface area (Å²) < 4.78 is 4.84. The zero-order valence-electron chi connectivity index (χ0n) is 10.6. The second-order valence-corrected chi connectivity index (χ2v) is 4.05. The van der Waals surface area contributed by atoms with Gasteiger partial charge in [-0.1, -0.05) is 36.1 Å². The van der Waals surface area contributed by atoms with Crippen molar-refractivity contribution in [2.45, 2.75) is 0 Å². The van der Waals surface area contributed by atoms with E-state index < -0.39 is 17.5 Å². The van der Waals surface area contributed by atoms with Gasteiger partial charge in [-0.3, -0.25) is 4.79 Å². The van der Waals surface area contributed by atoms with Crippen LogP contribution in [0.15, 0.2) is 42.5 Å². The van der Waals surface area contributed by atoms with Crippen molar-refractivity contribution in [3.63, 3.8) is 0 Å². The summed E-state index contributed by atoms with van der Waals surface area (Å²) >= 11 is 0. The lowest BCUT2D eigenvalue weighted by atomic mass is 9.99. The third kappa shape index (κ3) is 2.47. The van der Waals surface area contributed by atoms with Crippen LogP contribution in [0.25, 0.3) is 0 Å². The van der Waals surface area contributed by atoms with Crippen LogP contribution >= 0.6 is 0 Å². The van der Waals surface area contributed by atoms with Crippen molar-refractivity contribution in [3.8, 4) is 11.5 Å². The topological polar surface area (TPSA) is 86.7 Å². The molecular formula is C15H11O5-. The number of hydrogen-bond donors (Lipinski definition) is 1. The second-order valence-electron chi connectivity index (χ2n) is 4.05. The smallest absolute Gasteiger partial charge is 0.339 e. The molecule has 20 heavy (non-hydrogen) atoms. The first-order valence-corrected chi connectivity index (χ1v) is 5.76. The molecule has 0 atom stereocenters. The first-order chi connectivity index (χ1) is 9.54. The van der Waals surface area contributed by atoms with E-state index in [1.54, 1.807) is 30.3 Å². The van der Waals surface area contributed by atoms with Crippen LogP contribution in [-0.2, 0) is 0 Å². The maximum absolute atomic E-state index is 12.2. The lowest BCUT2D eigenvalue weighted by Crippen LogP contribution is -2.10. The first-order valence-electron chi connectivity index (χ1n) is 5.76. The van der Waals surface area contributed by atoms with Gasteiger partial charge < -0.3 is 14.9 Å². The quantitative estimate of drug-likeness (QED) is 0.855. The standard InChI is InChI=1S/C15H12O5/c1-20-13-8-12(16)10(7-11(13)15(18)19)14(17)9-5-3-2-4-6-9/h2-8,16H,1H3,(H,18,19)/p-1. The monoisotopic (exact) mass is 271 g/mol. The Morgan fingerprint density at radius 3 is 2.30 bits per heavy atom. The van der Waals surface area contributed by atoms with Crippen molar-refractivity contribution in [2.24, 2.45) is 0 Å². The van der Waals surface area contributed by atoms with Crippen LogP contribution < -0.4 is 9.84 Å². The number of carbonyl (C=O) groups is 2. The summed E-state index contributed by atoms with van der Waals surface area (Å²) in [7, 11) is 1.26. The van der Waals surface area contributed by atoms with E-state index in [1.807, 2.05) is 0 Å². The summed E-state index contributed by atoms with van der Waals surface area (Å²) in [6.45, 7) is 0. The molecule has 2 aromatic rings. The Kier molecular flexibility index (Phi) is 3.70. The molecule has 0 radical (unpaired) electrons. The van der Waals surface area contributed by atoms with E-state index in [0.717, 1.165) is 12.1 Å². The van der Waals surface area contributed by atoms with Gasteiger partial charge in [-0.2, -0.15) is 0 Å². The van der Waals surface area contributed by atoms with E-state index in [-0.39, 0.29) is 16.9 Å². The number of aromatic carboxylic acids is 1. The molecule has 0 amide bonds. The molecule has 0 aliphatic heterocycles. The Labute approximate surface area is 115 Å². The van der Waals surface area contributed by atoms with E-state index in [2.05, 4.69) is 0 Å². The highest BCUT2D eigenvalue weighted by Crippen LogP contribution is 2.28. The van der Waals surface area contributed by atoms with Crippen molar-refractivity contribution in [2.75, 3.05) is 7.11 Å². The molecule has 102 valence electrons. The zero-order valence-corrected chi connectivity index (χ0v) is 10.6. The average Bonchev–Trinajstić information content (AvgIpc) is 2.46. The van der Waals surface area contributed by atoms with Gasteiger partial charge in [0.25, 0.3) is 0 Å². The summed E-state index contributed by atoms with van der Waals surface area (Å²) in [5, 5.41) is 21.0. The minimum absolute atomic E-state index is 0.0629. The van der Waals surface area contributed by atoms with Crippen molar-refractivity contribution in [1.82, 2.24) is 0 Å². The Hall–Kier alpha value is -2.82. The molecule has 1 N–H and O–H groups in total. The summed E-state index contributed by atoms with van der Waals surface area (Å²) in [6, 6.07) is 10.3. The van der Waals surface area contributed by atoms with Crippen molar-refractivity contribution >= 4 is 11.8 Å². The number of benzene rings is 2. The molecule has 2 rings (SSSR count). The Morgan fingerprint density at radius 1 is 1.10 bits per heavy atom. The number of carboxylic acids is 1. The van der Waals surface area contributed by atoms with Crippen LogP contribution in [0.5, 0.6) is 11.5 Å². The van der Waals surface area contributed by atoms with Gasteiger partial charge in [0.1, 0.15) is 11.3 Å². The van der Waals surface area contributed by atoms with Crippen LogP contribution in [0.1, 0.15) is 26.3 Å². The fraction of sp³-hybridized carbons (Fsp3) is 0.0667. The number of carboxylic acid groups (broad SMARTS) is 1. The van der Waals surface area contributed by atoms with E-state index in [9.17, 15) is 14.7 Å². The molecule has 0 saturated carbocycles. The molecular weight excluding hydrogens is 260 g/mol. The van der Waals surface area contributed by atoms with Crippen molar-refractivity contribution in [1.29, 1.82) is 0 Å². The predicted molar refractivity (Wildman–Crippen MR) is 69.3 cm³/mol. The molecule has 0 aliphatic rings. The Morgan fingerprint density at radius 2 is 1.75 bits per heavy atom. The molecule has 0 unspecified atom stereocenters. The zero-order chi connectivity index (χ0) is 14.7. The molecule has 0 aliphatic carbocycles. The molecule has 0 saturated heterocycles. The highest BCUT2D eigenvalue weighted by molar-refractivity contribution is 6.11. The maximum atomic E-state index is 12.2. The van der Waals surface area contributed by atoms with Crippen molar-refractivity contribution < 1.29 is 24.5 Å². The number of ketones is 1. The summed E-state index contributed by atoms with van der Waals surface area (Å²) in [5.74, 6) is -2.41. The van der Waals surface area contributed by atoms with Crippen LogP contribution in [0.2, 0.25) is 0 Å². The molecule has 0 bridgehead atoms. The number of hydrogen-bond acceptors (Lipinski definition) is 4. The third-order valence-corrected chi connectivity index (χ3v) is 2.81. The van der Waals surface area contributed by atoms with E-state index in [1.165, 1.54) is 7.11 Å². The molecule has 0 heterocycles. The van der Waals surface area contributed by atoms with Gasteiger partial charge in [0, 0.05) is 11.1 Å². The van der Waals surface area contributed by atoms with Crippen LogP contribution in [0.3, 0.4) is 0 Å². The van der Waals surface area contributed by atoms with Gasteiger partial charge in [0.05, 0.1) is 7.11 Å². The minimum Gasteiger partial charge on any atom is -0.872 e. The van der Waals surface area contributed by atoms with Crippen LogP contribution in [0, 0.1) is 0 Å². The van der Waals surface area contributed by atoms with E-state index >= 15 is 0 Å². The predicted octanol–water partition coefficient (Wildman–Crippen LogP) is 1.70. The third-order valence-electron chi connectivity index (χ3n) is 2.81. The molecule has 5 nitrogen and oxygen atoms in total. The Bertz CT molecular complexity index is 661. The highest BCUT2D eigenvalue weighted by atomic mass is 16.5. The van der Waals surface area contributed by atoms with Gasteiger partial charge in [0.2, 0.25) is 0 Å². The normalized spacial score (nSPS) is 10.1. The number of rotatable bonds is 4. The lowest BCUT2D eigenvalue weighted by Gasteiger charge is -2.16. The first kappa shape index (κ1) is 13.6. The van der Waals surface area contributed by atoms with Crippen molar-refractivity contribution in [3.05, 3.63) is 59.2 Å². The SMILES string of the molecule is COc1cc([O-])c(C(=O)c2ccccc2)cc1C(=O)O. The molecule has 5 heteroatoms. The summed E-state index contributed by atoms with van der Waals surface area (Å²) in [4.78, 5) is 23.3. The summed E-state index contributed by atoms with van der Waals surface area (Å²) in [6.07, 6.45) is 0. The fourth-order valence-corrected chi connectivity index (χ4v) is 1.82. The number of ether oxygens (including phenoxy) is 1. The van der Waals surface area contributed by atoms with Gasteiger partial charge in [-0.25, -0.2) is 4.79 Å². The van der Waals surface area contributed by atoms with Gasteiger partial charge >= 0.3 is 5.97 Å². The van der Waals surface area contributed by atoms with Crippen LogP contribution in [-0.4, -0.2) is 24.0 Å². The minimum atomic E-state index is -1.26. The molecule has 0 aromatic heterocycles. The largest absolute Gasteiger partial charge is 0.872 e. The van der Waals surface area contributed by atoms with Gasteiger partial charge in [-0.05, 0) is 12.1 Å². The van der Waals surface area contributed by atoms with E-state index in [0.29, 0.717) is 5.56 Å². The Balaban J connectivity index is 2.55. The maximum Gasteiger partial charge on any atom is 0.339 e. The van der Waals surface area contributed by atoms with Gasteiger partial charge in [0.15, 0.2) is 5.78 Å². The lowest BCUT2D eigenvalue weighted by molar-refractivity contribution is -0.268. The fourth-order valence-electron chi connectivity index (χ4n) is 1.82. The van der Waals surface area contributed by atoms with E-state index in [4.69, 9.17) is 9.84 Å². The number of carbonyl (C=O) groups excluding carboxylic acids is 1. The van der Waals surface area contributed by atoms with Crippen LogP contribution in [0.4, 0.5) is 0 Å². The number of methoxy groups -OCH3 is 1. The molecule has 2 aromatic carbocycles. The molecule has 0 fully saturated rings. The average molecular weight is 271 g/mol. The van der Waals surface area contributed by atoms with Gasteiger partial charge in [-0.15, -0.1) is 0 Å².